The predicted octanol–water partition coefficient (Wildman–Crippen LogP) is 1.89. The van der Waals surface area contributed by atoms with Crippen LogP contribution >= 0.6 is 0 Å². The van der Waals surface area contributed by atoms with Crippen molar-refractivity contribution < 1.29 is 4.79 Å². The van der Waals surface area contributed by atoms with E-state index in [1.807, 2.05) is 23.1 Å². The van der Waals surface area contributed by atoms with E-state index in [-0.39, 0.29) is 5.91 Å². The summed E-state index contributed by atoms with van der Waals surface area (Å²) in [4.78, 5) is 18.3. The highest BCUT2D eigenvalue weighted by atomic mass is 16.2. The van der Waals surface area contributed by atoms with Crippen LogP contribution in [0.25, 0.3) is 0 Å². The number of anilines is 1. The summed E-state index contributed by atoms with van der Waals surface area (Å²) in [5, 5.41) is 4.03. The summed E-state index contributed by atoms with van der Waals surface area (Å²) in [6.45, 7) is 3.56. The lowest BCUT2D eigenvalue weighted by molar-refractivity contribution is -0.119. The van der Waals surface area contributed by atoms with Gasteiger partial charge in [0, 0.05) is 18.7 Å². The molecule has 104 valence electrons. The first kappa shape index (κ1) is 12.8. The Morgan fingerprint density at radius 2 is 2.25 bits per heavy atom. The SMILES string of the molecule is C[C@@H]1Cc2ccccc2N(C(=O)CCn2cncn2)C1. The summed E-state index contributed by atoms with van der Waals surface area (Å²) in [5.74, 6) is 0.653. The molecule has 2 heterocycles. The highest BCUT2D eigenvalue weighted by molar-refractivity contribution is 5.94. The van der Waals surface area contributed by atoms with Crippen molar-refractivity contribution in [1.82, 2.24) is 14.8 Å². The molecule has 1 amide bonds. The highest BCUT2D eigenvalue weighted by Gasteiger charge is 2.25. The van der Waals surface area contributed by atoms with E-state index < -0.39 is 0 Å². The molecule has 1 atom stereocenters. The second-order valence-electron chi connectivity index (χ2n) is 5.35. The van der Waals surface area contributed by atoms with Crippen LogP contribution in [0, 0.1) is 5.92 Å². The number of aromatic nitrogens is 3. The van der Waals surface area contributed by atoms with E-state index in [0.29, 0.717) is 18.9 Å². The maximum absolute atomic E-state index is 12.5. The van der Waals surface area contributed by atoms with Crippen molar-refractivity contribution >= 4 is 11.6 Å². The van der Waals surface area contributed by atoms with Crippen LogP contribution in [0.3, 0.4) is 0 Å². The molecule has 0 unspecified atom stereocenters. The molecule has 2 aromatic rings. The van der Waals surface area contributed by atoms with Gasteiger partial charge in [0.05, 0.1) is 6.54 Å². The Labute approximate surface area is 118 Å². The number of para-hydroxylation sites is 1. The molecule has 1 aromatic heterocycles. The van der Waals surface area contributed by atoms with E-state index in [1.54, 1.807) is 11.0 Å². The number of aryl methyl sites for hydroxylation is 1. The van der Waals surface area contributed by atoms with Crippen molar-refractivity contribution in [1.29, 1.82) is 0 Å². The second kappa shape index (κ2) is 5.45. The number of hydrogen-bond donors (Lipinski definition) is 0. The summed E-state index contributed by atoms with van der Waals surface area (Å²) in [5.41, 5.74) is 2.33. The fraction of sp³-hybridized carbons (Fsp3) is 0.400. The number of amides is 1. The molecule has 0 saturated heterocycles. The van der Waals surface area contributed by atoms with Crippen molar-refractivity contribution in [3.05, 3.63) is 42.5 Å². The normalized spacial score (nSPS) is 17.9. The molecule has 5 heteroatoms. The van der Waals surface area contributed by atoms with Crippen LogP contribution in [0.2, 0.25) is 0 Å². The zero-order valence-corrected chi connectivity index (χ0v) is 11.6. The molecule has 1 aliphatic heterocycles. The summed E-state index contributed by atoms with van der Waals surface area (Å²) >= 11 is 0. The average molecular weight is 270 g/mol. The first-order valence-corrected chi connectivity index (χ1v) is 6.94. The van der Waals surface area contributed by atoms with E-state index in [2.05, 4.69) is 23.1 Å². The van der Waals surface area contributed by atoms with Crippen LogP contribution in [-0.4, -0.2) is 27.2 Å². The van der Waals surface area contributed by atoms with Crippen LogP contribution < -0.4 is 4.90 Å². The number of carbonyl (C=O) groups excluding carboxylic acids is 1. The van der Waals surface area contributed by atoms with Crippen molar-refractivity contribution in [3.8, 4) is 0 Å². The highest BCUT2D eigenvalue weighted by Crippen LogP contribution is 2.29. The molecule has 0 N–H and O–H groups in total. The molecule has 0 aliphatic carbocycles. The molecule has 3 rings (SSSR count). The quantitative estimate of drug-likeness (QED) is 0.856. The third-order valence-electron chi connectivity index (χ3n) is 3.67. The van der Waals surface area contributed by atoms with Gasteiger partial charge in [0.25, 0.3) is 0 Å². The van der Waals surface area contributed by atoms with E-state index >= 15 is 0 Å². The lowest BCUT2D eigenvalue weighted by atomic mass is 9.93. The van der Waals surface area contributed by atoms with Gasteiger partial charge in [-0.05, 0) is 24.0 Å². The molecular weight excluding hydrogens is 252 g/mol. The lowest BCUT2D eigenvalue weighted by Gasteiger charge is -2.33. The number of fused-ring (bicyclic) bond motifs is 1. The van der Waals surface area contributed by atoms with Crippen LogP contribution in [0.4, 0.5) is 5.69 Å². The number of benzene rings is 1. The maximum atomic E-state index is 12.5. The largest absolute Gasteiger partial charge is 0.312 e. The van der Waals surface area contributed by atoms with Gasteiger partial charge < -0.3 is 4.90 Å². The Morgan fingerprint density at radius 1 is 1.40 bits per heavy atom. The monoisotopic (exact) mass is 270 g/mol. The van der Waals surface area contributed by atoms with Gasteiger partial charge in [-0.25, -0.2) is 4.98 Å². The molecule has 0 saturated carbocycles. The van der Waals surface area contributed by atoms with E-state index in [1.165, 1.54) is 11.9 Å². The van der Waals surface area contributed by atoms with Crippen LogP contribution in [0.5, 0.6) is 0 Å². The number of nitrogens with zero attached hydrogens (tertiary/aromatic N) is 4. The molecule has 5 nitrogen and oxygen atoms in total. The molecule has 20 heavy (non-hydrogen) atoms. The molecule has 0 bridgehead atoms. The van der Waals surface area contributed by atoms with Crippen molar-refractivity contribution in [2.45, 2.75) is 26.3 Å². The van der Waals surface area contributed by atoms with Gasteiger partial charge in [-0.1, -0.05) is 25.1 Å². The van der Waals surface area contributed by atoms with Gasteiger partial charge in [0.2, 0.25) is 5.91 Å². The molecule has 0 fully saturated rings. The van der Waals surface area contributed by atoms with Crippen LogP contribution in [-0.2, 0) is 17.8 Å². The number of carbonyl (C=O) groups is 1. The van der Waals surface area contributed by atoms with E-state index in [9.17, 15) is 4.79 Å². The third-order valence-corrected chi connectivity index (χ3v) is 3.67. The van der Waals surface area contributed by atoms with Gasteiger partial charge in [0.15, 0.2) is 0 Å². The standard InChI is InChI=1S/C15H18N4O/c1-12-8-13-4-2-3-5-14(13)19(9-12)15(20)6-7-18-11-16-10-17-18/h2-5,10-12H,6-9H2,1H3/t12-/m1/s1. The minimum absolute atomic E-state index is 0.152. The Hall–Kier alpha value is -2.17. The Bertz CT molecular complexity index is 594. The summed E-state index contributed by atoms with van der Waals surface area (Å²) < 4.78 is 1.69. The third kappa shape index (κ3) is 2.57. The smallest absolute Gasteiger partial charge is 0.228 e. The minimum Gasteiger partial charge on any atom is -0.312 e. The van der Waals surface area contributed by atoms with Gasteiger partial charge in [-0.2, -0.15) is 5.10 Å². The minimum atomic E-state index is 0.152. The zero-order chi connectivity index (χ0) is 13.9. The van der Waals surface area contributed by atoms with Gasteiger partial charge >= 0.3 is 0 Å². The van der Waals surface area contributed by atoms with Crippen molar-refractivity contribution in [2.75, 3.05) is 11.4 Å². The topological polar surface area (TPSA) is 51.0 Å². The number of rotatable bonds is 3. The lowest BCUT2D eigenvalue weighted by Crippen LogP contribution is -2.39. The first-order chi connectivity index (χ1) is 9.74. The summed E-state index contributed by atoms with van der Waals surface area (Å²) in [6.07, 6.45) is 4.62. The predicted molar refractivity (Wildman–Crippen MR) is 76.3 cm³/mol. The van der Waals surface area contributed by atoms with E-state index in [0.717, 1.165) is 18.7 Å². The Kier molecular flexibility index (Phi) is 3.50. The maximum Gasteiger partial charge on any atom is 0.228 e. The van der Waals surface area contributed by atoms with Crippen molar-refractivity contribution in [2.24, 2.45) is 5.92 Å². The fourth-order valence-corrected chi connectivity index (χ4v) is 2.73. The zero-order valence-electron chi connectivity index (χ0n) is 11.6. The average Bonchev–Trinajstić information content (AvgIpc) is 2.97. The Morgan fingerprint density at radius 3 is 3.05 bits per heavy atom. The summed E-state index contributed by atoms with van der Waals surface area (Å²) in [7, 11) is 0. The van der Waals surface area contributed by atoms with E-state index in [4.69, 9.17) is 0 Å². The molecular formula is C15H18N4O. The molecule has 1 aliphatic rings. The summed E-state index contributed by atoms with van der Waals surface area (Å²) in [6, 6.07) is 8.18. The van der Waals surface area contributed by atoms with Gasteiger partial charge in [-0.15, -0.1) is 0 Å². The first-order valence-electron chi connectivity index (χ1n) is 6.94. The molecule has 1 aromatic carbocycles. The fourth-order valence-electron chi connectivity index (χ4n) is 2.73. The number of hydrogen-bond acceptors (Lipinski definition) is 3. The van der Waals surface area contributed by atoms with Crippen LogP contribution in [0.1, 0.15) is 18.9 Å². The molecule has 0 radical (unpaired) electrons. The van der Waals surface area contributed by atoms with Crippen molar-refractivity contribution in [3.63, 3.8) is 0 Å². The second-order valence-corrected chi connectivity index (χ2v) is 5.35. The van der Waals surface area contributed by atoms with Gasteiger partial charge in [0.1, 0.15) is 12.7 Å². The molecule has 0 spiro atoms. The van der Waals surface area contributed by atoms with Crippen LogP contribution in [0.15, 0.2) is 36.9 Å². The Balaban J connectivity index is 1.74. The van der Waals surface area contributed by atoms with Gasteiger partial charge in [-0.3, -0.25) is 9.48 Å².